The van der Waals surface area contributed by atoms with E-state index < -0.39 is 0 Å². The number of piperidine rings is 1. The molecule has 4 nitrogen and oxygen atoms in total. The van der Waals surface area contributed by atoms with Crippen LogP contribution in [0.4, 0.5) is 10.8 Å². The highest BCUT2D eigenvalue weighted by atomic mass is 32.1. The number of nitrogens with zero attached hydrogens (tertiary/aromatic N) is 2. The Morgan fingerprint density at radius 3 is 3.07 bits per heavy atom. The summed E-state index contributed by atoms with van der Waals surface area (Å²) >= 11 is 1.46. The van der Waals surface area contributed by atoms with Gasteiger partial charge in [-0.05, 0) is 31.3 Å². The summed E-state index contributed by atoms with van der Waals surface area (Å²) in [5.74, 6) is 0.611. The molecule has 1 atom stereocenters. The van der Waals surface area contributed by atoms with Crippen LogP contribution in [0, 0.1) is 0 Å². The van der Waals surface area contributed by atoms with E-state index in [9.17, 15) is 0 Å². The zero-order valence-electron chi connectivity index (χ0n) is 9.19. The maximum absolute atomic E-state index is 5.63. The highest BCUT2D eigenvalue weighted by Gasteiger charge is 2.31. The van der Waals surface area contributed by atoms with Crippen LogP contribution in [0.3, 0.4) is 0 Å². The van der Waals surface area contributed by atoms with Gasteiger partial charge in [-0.15, -0.1) is 0 Å². The number of hydrogen-bond donors (Lipinski definition) is 1. The smallest absolute Gasteiger partial charge is 0.139 e. The molecule has 0 radical (unpaired) electrons. The number of nitrogens with two attached hydrogens (primary N) is 1. The SMILES string of the molecule is COC1(C)CCCN(c2cc(N)ns2)C1. The van der Waals surface area contributed by atoms with Gasteiger partial charge in [0.1, 0.15) is 10.8 Å². The zero-order chi connectivity index (χ0) is 10.9. The maximum atomic E-state index is 5.63. The van der Waals surface area contributed by atoms with E-state index in [4.69, 9.17) is 10.5 Å². The number of hydrogen-bond acceptors (Lipinski definition) is 5. The third-order valence-electron chi connectivity index (χ3n) is 2.98. The van der Waals surface area contributed by atoms with E-state index in [2.05, 4.69) is 16.2 Å². The van der Waals surface area contributed by atoms with Crippen molar-refractivity contribution >= 4 is 22.4 Å². The van der Waals surface area contributed by atoms with Crippen LogP contribution < -0.4 is 10.6 Å². The predicted octanol–water partition coefficient (Wildman–Crippen LogP) is 1.73. The minimum atomic E-state index is -0.0308. The molecule has 2 N–H and O–H groups in total. The van der Waals surface area contributed by atoms with Gasteiger partial charge in [-0.1, -0.05) is 0 Å². The lowest BCUT2D eigenvalue weighted by Gasteiger charge is -2.39. The molecule has 0 spiro atoms. The Bertz CT molecular complexity index is 341. The molecule has 1 fully saturated rings. The van der Waals surface area contributed by atoms with E-state index in [0.717, 1.165) is 30.9 Å². The number of ether oxygens (including phenoxy) is 1. The highest BCUT2D eigenvalue weighted by Crippen LogP contribution is 2.31. The van der Waals surface area contributed by atoms with Crippen molar-refractivity contribution in [3.05, 3.63) is 6.07 Å². The predicted molar refractivity (Wildman–Crippen MR) is 63.4 cm³/mol. The van der Waals surface area contributed by atoms with Gasteiger partial charge in [0.15, 0.2) is 0 Å². The Morgan fingerprint density at radius 2 is 2.47 bits per heavy atom. The molecule has 0 aliphatic carbocycles. The van der Waals surface area contributed by atoms with Gasteiger partial charge in [-0.25, -0.2) is 0 Å². The third-order valence-corrected chi connectivity index (χ3v) is 3.84. The van der Waals surface area contributed by atoms with Crippen molar-refractivity contribution in [3.8, 4) is 0 Å². The summed E-state index contributed by atoms with van der Waals surface area (Å²) in [6.07, 6.45) is 2.27. The second-order valence-electron chi connectivity index (χ2n) is 4.27. The molecule has 1 aromatic rings. The zero-order valence-corrected chi connectivity index (χ0v) is 10.0. The van der Waals surface area contributed by atoms with Crippen LogP contribution in [-0.2, 0) is 4.74 Å². The lowest BCUT2D eigenvalue weighted by molar-refractivity contribution is -0.00451. The molecule has 0 amide bonds. The van der Waals surface area contributed by atoms with Crippen molar-refractivity contribution in [2.24, 2.45) is 0 Å². The number of rotatable bonds is 2. The molecule has 15 heavy (non-hydrogen) atoms. The summed E-state index contributed by atoms with van der Waals surface area (Å²) in [6.45, 7) is 4.15. The first-order valence-corrected chi connectivity index (χ1v) is 5.93. The van der Waals surface area contributed by atoms with E-state index in [-0.39, 0.29) is 5.60 Å². The summed E-state index contributed by atoms with van der Waals surface area (Å²) in [7, 11) is 1.78. The Kier molecular flexibility index (Phi) is 2.84. The molecule has 84 valence electrons. The first-order valence-electron chi connectivity index (χ1n) is 5.15. The molecular formula is C10H17N3OS. The average molecular weight is 227 g/mol. The standard InChI is InChI=1S/C10H17N3OS/c1-10(14-2)4-3-5-13(7-10)9-6-8(11)12-15-9/h6H,3-5,7H2,1-2H3,(H2,11,12). The first kappa shape index (κ1) is 10.7. The van der Waals surface area contributed by atoms with E-state index in [1.54, 1.807) is 7.11 Å². The lowest BCUT2D eigenvalue weighted by atomic mass is 9.95. The topological polar surface area (TPSA) is 51.4 Å². The van der Waals surface area contributed by atoms with Crippen molar-refractivity contribution in [1.82, 2.24) is 4.37 Å². The molecule has 0 bridgehead atoms. The Morgan fingerprint density at radius 1 is 1.67 bits per heavy atom. The van der Waals surface area contributed by atoms with Gasteiger partial charge in [-0.3, -0.25) is 0 Å². The second-order valence-corrected chi connectivity index (χ2v) is 5.05. The van der Waals surface area contributed by atoms with Crippen LogP contribution in [0.1, 0.15) is 19.8 Å². The summed E-state index contributed by atoms with van der Waals surface area (Å²) in [5, 5.41) is 1.15. The van der Waals surface area contributed by atoms with Crippen molar-refractivity contribution in [1.29, 1.82) is 0 Å². The van der Waals surface area contributed by atoms with Gasteiger partial charge in [0.05, 0.1) is 5.60 Å². The fourth-order valence-electron chi connectivity index (χ4n) is 1.99. The summed E-state index contributed by atoms with van der Waals surface area (Å²) in [6, 6.07) is 1.94. The van der Waals surface area contributed by atoms with Gasteiger partial charge < -0.3 is 15.4 Å². The molecule has 1 unspecified atom stereocenters. The van der Waals surface area contributed by atoms with Crippen molar-refractivity contribution in [3.63, 3.8) is 0 Å². The third kappa shape index (κ3) is 2.23. The molecule has 0 saturated carbocycles. The normalized spacial score (nSPS) is 26.9. The molecular weight excluding hydrogens is 210 g/mol. The van der Waals surface area contributed by atoms with Crippen molar-refractivity contribution in [2.45, 2.75) is 25.4 Å². The minimum Gasteiger partial charge on any atom is -0.383 e. The van der Waals surface area contributed by atoms with E-state index in [0.29, 0.717) is 5.82 Å². The largest absolute Gasteiger partial charge is 0.383 e. The van der Waals surface area contributed by atoms with Crippen LogP contribution in [0.5, 0.6) is 0 Å². The van der Waals surface area contributed by atoms with Crippen molar-refractivity contribution < 1.29 is 4.74 Å². The molecule has 2 rings (SSSR count). The maximum Gasteiger partial charge on any atom is 0.139 e. The van der Waals surface area contributed by atoms with Gasteiger partial charge in [-0.2, -0.15) is 4.37 Å². The summed E-state index contributed by atoms with van der Waals surface area (Å²) < 4.78 is 9.65. The van der Waals surface area contributed by atoms with Crippen LogP contribution >= 0.6 is 11.5 Å². The first-order chi connectivity index (χ1) is 7.13. The van der Waals surface area contributed by atoms with E-state index in [1.807, 2.05) is 6.07 Å². The van der Waals surface area contributed by atoms with Gasteiger partial charge in [0.25, 0.3) is 0 Å². The number of methoxy groups -OCH3 is 1. The van der Waals surface area contributed by atoms with Crippen LogP contribution in [-0.4, -0.2) is 30.2 Å². The number of nitrogen functional groups attached to an aromatic ring is 1. The van der Waals surface area contributed by atoms with Gasteiger partial charge in [0.2, 0.25) is 0 Å². The number of aromatic nitrogens is 1. The quantitative estimate of drug-likeness (QED) is 0.836. The van der Waals surface area contributed by atoms with E-state index >= 15 is 0 Å². The Labute approximate surface area is 94.2 Å². The highest BCUT2D eigenvalue weighted by molar-refractivity contribution is 7.10. The summed E-state index contributed by atoms with van der Waals surface area (Å²) in [5.41, 5.74) is 5.60. The molecule has 1 aliphatic rings. The lowest BCUT2D eigenvalue weighted by Crippen LogP contribution is -2.47. The second kappa shape index (κ2) is 3.98. The molecule has 2 heterocycles. The molecule has 5 heteroatoms. The molecule has 1 saturated heterocycles. The average Bonchev–Trinajstić information content (AvgIpc) is 2.65. The van der Waals surface area contributed by atoms with E-state index in [1.165, 1.54) is 11.5 Å². The Hall–Kier alpha value is -0.810. The fraction of sp³-hybridized carbons (Fsp3) is 0.700. The number of anilines is 2. The van der Waals surface area contributed by atoms with Gasteiger partial charge >= 0.3 is 0 Å². The van der Waals surface area contributed by atoms with Crippen LogP contribution in [0.2, 0.25) is 0 Å². The monoisotopic (exact) mass is 227 g/mol. The van der Waals surface area contributed by atoms with Crippen molar-refractivity contribution in [2.75, 3.05) is 30.8 Å². The minimum absolute atomic E-state index is 0.0308. The molecule has 1 aromatic heterocycles. The fourth-order valence-corrected chi connectivity index (χ4v) is 2.68. The summed E-state index contributed by atoms with van der Waals surface area (Å²) in [4.78, 5) is 2.31. The molecule has 0 aromatic carbocycles. The Balaban J connectivity index is 2.11. The van der Waals surface area contributed by atoms with Crippen LogP contribution in [0.25, 0.3) is 0 Å². The van der Waals surface area contributed by atoms with Gasteiger partial charge in [0, 0.05) is 26.3 Å². The molecule has 1 aliphatic heterocycles. The van der Waals surface area contributed by atoms with Crippen LogP contribution in [0.15, 0.2) is 6.07 Å².